The zero-order chi connectivity index (χ0) is 14.4. The average molecular weight is 273 g/mol. The number of carbonyl (C=O) groups excluding carboxylic acids is 1. The number of hydrogen-bond acceptors (Lipinski definition) is 5. The van der Waals surface area contributed by atoms with Crippen LogP contribution in [0.25, 0.3) is 0 Å². The Balaban J connectivity index is 2.11. The van der Waals surface area contributed by atoms with Crippen LogP contribution in [0, 0.1) is 6.92 Å². The standard InChI is InChI=1S/C14H15N3O3/c1-10-5-6-16-14(17-10)20-12-4-2-3-11(9-12)13(19)15-7-8-18/h2-6,9,18H,7-8H2,1H3,(H,15,19). The molecule has 20 heavy (non-hydrogen) atoms. The first-order chi connectivity index (χ1) is 9.69. The number of amides is 1. The van der Waals surface area contributed by atoms with Crippen LogP contribution in [0.2, 0.25) is 0 Å². The van der Waals surface area contributed by atoms with Crippen LogP contribution in [0.1, 0.15) is 16.1 Å². The van der Waals surface area contributed by atoms with Crippen LogP contribution in [0.4, 0.5) is 0 Å². The predicted octanol–water partition coefficient (Wildman–Crippen LogP) is 1.30. The number of aryl methyl sites for hydroxylation is 1. The number of rotatable bonds is 5. The van der Waals surface area contributed by atoms with Crippen molar-refractivity contribution in [3.63, 3.8) is 0 Å². The van der Waals surface area contributed by atoms with Gasteiger partial charge in [-0.2, -0.15) is 0 Å². The van der Waals surface area contributed by atoms with Gasteiger partial charge in [-0.1, -0.05) is 6.07 Å². The fraction of sp³-hybridized carbons (Fsp3) is 0.214. The van der Waals surface area contributed by atoms with Crippen LogP contribution in [0.15, 0.2) is 36.5 Å². The minimum Gasteiger partial charge on any atom is -0.424 e. The summed E-state index contributed by atoms with van der Waals surface area (Å²) in [6.45, 7) is 1.96. The first-order valence-electron chi connectivity index (χ1n) is 6.15. The molecule has 0 radical (unpaired) electrons. The molecule has 0 atom stereocenters. The number of hydrogen-bond donors (Lipinski definition) is 2. The van der Waals surface area contributed by atoms with Gasteiger partial charge in [-0.25, -0.2) is 9.97 Å². The highest BCUT2D eigenvalue weighted by Gasteiger charge is 2.07. The maximum absolute atomic E-state index is 11.8. The average Bonchev–Trinajstić information content (AvgIpc) is 2.45. The molecule has 0 aliphatic carbocycles. The van der Waals surface area contributed by atoms with E-state index in [1.165, 1.54) is 0 Å². The molecular weight excluding hydrogens is 258 g/mol. The number of ether oxygens (including phenoxy) is 1. The smallest absolute Gasteiger partial charge is 0.322 e. The lowest BCUT2D eigenvalue weighted by Crippen LogP contribution is -2.26. The summed E-state index contributed by atoms with van der Waals surface area (Å²) in [5, 5.41) is 11.3. The van der Waals surface area contributed by atoms with Gasteiger partial charge in [-0.3, -0.25) is 4.79 Å². The summed E-state index contributed by atoms with van der Waals surface area (Å²) in [5.41, 5.74) is 1.25. The van der Waals surface area contributed by atoms with Gasteiger partial charge in [0.2, 0.25) is 0 Å². The molecule has 2 rings (SSSR count). The van der Waals surface area contributed by atoms with Gasteiger partial charge in [0.05, 0.1) is 6.61 Å². The molecule has 0 saturated carbocycles. The highest BCUT2D eigenvalue weighted by Crippen LogP contribution is 2.18. The first-order valence-corrected chi connectivity index (χ1v) is 6.15. The van der Waals surface area contributed by atoms with Crippen molar-refractivity contribution in [1.82, 2.24) is 15.3 Å². The van der Waals surface area contributed by atoms with E-state index in [1.807, 2.05) is 6.92 Å². The van der Waals surface area contributed by atoms with Gasteiger partial charge in [0.25, 0.3) is 5.91 Å². The fourth-order valence-electron chi connectivity index (χ4n) is 1.55. The Morgan fingerprint density at radius 2 is 2.25 bits per heavy atom. The predicted molar refractivity (Wildman–Crippen MR) is 72.7 cm³/mol. The molecule has 0 bridgehead atoms. The third-order valence-corrected chi connectivity index (χ3v) is 2.48. The third kappa shape index (κ3) is 3.76. The Labute approximate surface area is 116 Å². The number of aliphatic hydroxyl groups excluding tert-OH is 1. The van der Waals surface area contributed by atoms with E-state index in [-0.39, 0.29) is 25.1 Å². The first kappa shape index (κ1) is 14.0. The second kappa shape index (κ2) is 6.63. The quantitative estimate of drug-likeness (QED) is 0.857. The summed E-state index contributed by atoms with van der Waals surface area (Å²) >= 11 is 0. The van der Waals surface area contributed by atoms with Crippen LogP contribution >= 0.6 is 0 Å². The third-order valence-electron chi connectivity index (χ3n) is 2.48. The summed E-state index contributed by atoms with van der Waals surface area (Å²) in [6.07, 6.45) is 1.61. The van der Waals surface area contributed by atoms with Crippen molar-refractivity contribution < 1.29 is 14.6 Å². The molecule has 0 spiro atoms. The minimum atomic E-state index is -0.269. The SMILES string of the molecule is Cc1ccnc(Oc2cccc(C(=O)NCCO)c2)n1. The van der Waals surface area contributed by atoms with Gasteiger partial charge < -0.3 is 15.2 Å². The van der Waals surface area contributed by atoms with Crippen LogP contribution in [0.5, 0.6) is 11.8 Å². The summed E-state index contributed by atoms with van der Waals surface area (Å²) in [6, 6.07) is 8.69. The van der Waals surface area contributed by atoms with Crippen molar-refractivity contribution in [3.05, 3.63) is 47.8 Å². The van der Waals surface area contributed by atoms with Crippen LogP contribution < -0.4 is 10.1 Å². The topological polar surface area (TPSA) is 84.3 Å². The molecule has 1 amide bonds. The Morgan fingerprint density at radius 3 is 3.00 bits per heavy atom. The fourth-order valence-corrected chi connectivity index (χ4v) is 1.55. The number of aliphatic hydroxyl groups is 1. The summed E-state index contributed by atoms with van der Waals surface area (Å²) in [4.78, 5) is 19.9. The largest absolute Gasteiger partial charge is 0.424 e. The number of nitrogens with one attached hydrogen (secondary N) is 1. The van der Waals surface area contributed by atoms with E-state index >= 15 is 0 Å². The Morgan fingerprint density at radius 1 is 1.40 bits per heavy atom. The lowest BCUT2D eigenvalue weighted by atomic mass is 10.2. The normalized spacial score (nSPS) is 10.1. The van der Waals surface area contributed by atoms with Gasteiger partial charge in [0.15, 0.2) is 0 Å². The van der Waals surface area contributed by atoms with E-state index < -0.39 is 0 Å². The number of nitrogens with zero attached hydrogens (tertiary/aromatic N) is 2. The van der Waals surface area contributed by atoms with Crippen molar-refractivity contribution in [2.75, 3.05) is 13.2 Å². The highest BCUT2D eigenvalue weighted by molar-refractivity contribution is 5.94. The lowest BCUT2D eigenvalue weighted by molar-refractivity contribution is 0.0944. The van der Waals surface area contributed by atoms with Crippen molar-refractivity contribution in [1.29, 1.82) is 0 Å². The van der Waals surface area contributed by atoms with Gasteiger partial charge in [-0.05, 0) is 31.2 Å². The van der Waals surface area contributed by atoms with Crippen LogP contribution in [-0.4, -0.2) is 34.1 Å². The van der Waals surface area contributed by atoms with Crippen molar-refractivity contribution >= 4 is 5.91 Å². The van der Waals surface area contributed by atoms with E-state index in [1.54, 1.807) is 36.5 Å². The molecule has 0 aliphatic rings. The molecule has 1 aromatic carbocycles. The van der Waals surface area contributed by atoms with Crippen molar-refractivity contribution in [2.24, 2.45) is 0 Å². The maximum atomic E-state index is 11.8. The van der Waals surface area contributed by atoms with E-state index in [0.29, 0.717) is 11.3 Å². The summed E-state index contributed by atoms with van der Waals surface area (Å²) < 4.78 is 5.50. The van der Waals surface area contributed by atoms with Crippen LogP contribution in [-0.2, 0) is 0 Å². The molecule has 1 heterocycles. The van der Waals surface area contributed by atoms with E-state index in [9.17, 15) is 4.79 Å². The molecule has 1 aromatic heterocycles. The molecule has 0 unspecified atom stereocenters. The summed E-state index contributed by atoms with van der Waals surface area (Å²) in [7, 11) is 0. The monoisotopic (exact) mass is 273 g/mol. The number of benzene rings is 1. The Bertz CT molecular complexity index is 602. The highest BCUT2D eigenvalue weighted by atomic mass is 16.5. The van der Waals surface area contributed by atoms with Crippen molar-refractivity contribution in [2.45, 2.75) is 6.92 Å². The zero-order valence-corrected chi connectivity index (χ0v) is 11.0. The lowest BCUT2D eigenvalue weighted by Gasteiger charge is -2.07. The Hall–Kier alpha value is -2.47. The van der Waals surface area contributed by atoms with Gasteiger partial charge >= 0.3 is 6.01 Å². The van der Waals surface area contributed by atoms with E-state index in [0.717, 1.165) is 5.69 Å². The molecule has 6 heteroatoms. The summed E-state index contributed by atoms with van der Waals surface area (Å²) in [5.74, 6) is 0.210. The van der Waals surface area contributed by atoms with E-state index in [2.05, 4.69) is 15.3 Å². The zero-order valence-electron chi connectivity index (χ0n) is 11.0. The molecule has 0 fully saturated rings. The second-order valence-electron chi connectivity index (χ2n) is 4.09. The van der Waals surface area contributed by atoms with E-state index in [4.69, 9.17) is 9.84 Å². The molecule has 6 nitrogen and oxygen atoms in total. The minimum absolute atomic E-state index is 0.0982. The number of aromatic nitrogens is 2. The van der Waals surface area contributed by atoms with Gasteiger partial charge in [0.1, 0.15) is 5.75 Å². The molecule has 2 aromatic rings. The van der Waals surface area contributed by atoms with Crippen LogP contribution in [0.3, 0.4) is 0 Å². The molecular formula is C14H15N3O3. The van der Waals surface area contributed by atoms with Crippen molar-refractivity contribution in [3.8, 4) is 11.8 Å². The molecule has 2 N–H and O–H groups in total. The maximum Gasteiger partial charge on any atom is 0.322 e. The second-order valence-corrected chi connectivity index (χ2v) is 4.09. The Kier molecular flexibility index (Phi) is 4.62. The van der Waals surface area contributed by atoms with Gasteiger partial charge in [-0.15, -0.1) is 0 Å². The molecule has 0 saturated heterocycles. The molecule has 104 valence electrons. The van der Waals surface area contributed by atoms with Gasteiger partial charge in [0, 0.05) is 24.0 Å². The number of carbonyl (C=O) groups is 1. The molecule has 0 aliphatic heterocycles.